The second-order valence-corrected chi connectivity index (χ2v) is 7.10. The van der Waals surface area contributed by atoms with Gasteiger partial charge >= 0.3 is 5.97 Å². The highest BCUT2D eigenvalue weighted by Gasteiger charge is 2.27. The van der Waals surface area contributed by atoms with Gasteiger partial charge in [-0.2, -0.15) is 0 Å². The number of aliphatic hydroxyl groups excluding tert-OH is 1. The number of ether oxygens (including phenoxy) is 2. The monoisotopic (exact) mass is 402 g/mol. The Morgan fingerprint density at radius 1 is 1.24 bits per heavy atom. The first-order valence-electron chi connectivity index (χ1n) is 9.90. The molecule has 0 saturated heterocycles. The van der Waals surface area contributed by atoms with Crippen LogP contribution >= 0.6 is 0 Å². The molecule has 0 unspecified atom stereocenters. The van der Waals surface area contributed by atoms with Gasteiger partial charge in [0.25, 0.3) is 0 Å². The number of hydrogen-bond acceptors (Lipinski definition) is 7. The summed E-state index contributed by atoms with van der Waals surface area (Å²) >= 11 is 0. The zero-order chi connectivity index (χ0) is 20.8. The zero-order valence-electron chi connectivity index (χ0n) is 16.4. The molecule has 7 heteroatoms. The lowest BCUT2D eigenvalue weighted by Crippen LogP contribution is -2.15. The fourth-order valence-electron chi connectivity index (χ4n) is 3.59. The molecule has 2 N–H and O–H groups in total. The summed E-state index contributed by atoms with van der Waals surface area (Å²) in [6.45, 7) is 1.42. The van der Waals surface area contributed by atoms with Gasteiger partial charge in [-0.05, 0) is 50.3 Å². The maximum atomic E-state index is 12.2. The molecular weight excluding hydrogens is 376 g/mol. The highest BCUT2D eigenvalue weighted by molar-refractivity contribution is 5.71. The minimum Gasteiger partial charge on any atom is -0.502 e. The Hall–Kier alpha value is -2.80. The van der Waals surface area contributed by atoms with Gasteiger partial charge in [0.05, 0.1) is 25.0 Å². The summed E-state index contributed by atoms with van der Waals surface area (Å²) in [4.78, 5) is 24.2. The SMILES string of the molecule is CCOC(=O)C[C@@H](c1ccc(OC2CCCC2)cc1)c1oc(CO)cc(=O)c1O. The topological polar surface area (TPSA) is 106 Å². The van der Waals surface area contributed by atoms with Gasteiger partial charge in [0.1, 0.15) is 18.1 Å². The zero-order valence-corrected chi connectivity index (χ0v) is 16.4. The smallest absolute Gasteiger partial charge is 0.306 e. The molecule has 3 rings (SSSR count). The van der Waals surface area contributed by atoms with E-state index in [-0.39, 0.29) is 30.7 Å². The van der Waals surface area contributed by atoms with Gasteiger partial charge in [0.2, 0.25) is 11.2 Å². The van der Waals surface area contributed by atoms with Gasteiger partial charge in [-0.25, -0.2) is 0 Å². The molecule has 156 valence electrons. The average molecular weight is 402 g/mol. The van der Waals surface area contributed by atoms with E-state index < -0.39 is 29.7 Å². The van der Waals surface area contributed by atoms with Gasteiger partial charge in [0, 0.05) is 6.07 Å². The molecule has 1 saturated carbocycles. The Morgan fingerprint density at radius 2 is 1.93 bits per heavy atom. The molecule has 1 aromatic heterocycles. The molecule has 7 nitrogen and oxygen atoms in total. The third-order valence-corrected chi connectivity index (χ3v) is 5.04. The van der Waals surface area contributed by atoms with Crippen LogP contribution in [0.4, 0.5) is 0 Å². The van der Waals surface area contributed by atoms with Crippen molar-refractivity contribution in [3.05, 3.63) is 57.6 Å². The largest absolute Gasteiger partial charge is 0.502 e. The molecule has 1 atom stereocenters. The van der Waals surface area contributed by atoms with Gasteiger partial charge in [0.15, 0.2) is 5.76 Å². The normalized spacial score (nSPS) is 15.2. The predicted octanol–water partition coefficient (Wildman–Crippen LogP) is 3.24. The second kappa shape index (κ2) is 9.60. The second-order valence-electron chi connectivity index (χ2n) is 7.10. The molecule has 29 heavy (non-hydrogen) atoms. The summed E-state index contributed by atoms with van der Waals surface area (Å²) in [7, 11) is 0. The fourth-order valence-corrected chi connectivity index (χ4v) is 3.59. The molecule has 1 fully saturated rings. The molecule has 1 heterocycles. The predicted molar refractivity (Wildman–Crippen MR) is 105 cm³/mol. The maximum Gasteiger partial charge on any atom is 0.306 e. The number of esters is 1. The first-order valence-corrected chi connectivity index (χ1v) is 9.90. The van der Waals surface area contributed by atoms with Crippen LogP contribution in [0.5, 0.6) is 11.5 Å². The van der Waals surface area contributed by atoms with E-state index in [1.165, 1.54) is 12.8 Å². The molecule has 0 amide bonds. The number of aromatic hydroxyl groups is 1. The fraction of sp³-hybridized carbons (Fsp3) is 0.455. The molecule has 1 aliphatic carbocycles. The number of rotatable bonds is 8. The quantitative estimate of drug-likeness (QED) is 0.653. The van der Waals surface area contributed by atoms with Crippen molar-refractivity contribution in [1.82, 2.24) is 0 Å². The number of carbonyl (C=O) groups is 1. The van der Waals surface area contributed by atoms with Crippen LogP contribution in [0.2, 0.25) is 0 Å². The number of hydrogen-bond donors (Lipinski definition) is 2. The van der Waals surface area contributed by atoms with Gasteiger partial charge < -0.3 is 24.1 Å². The van der Waals surface area contributed by atoms with Crippen molar-refractivity contribution in [3.8, 4) is 11.5 Å². The summed E-state index contributed by atoms with van der Waals surface area (Å²) in [6, 6.07) is 8.19. The van der Waals surface area contributed by atoms with Gasteiger partial charge in [-0.1, -0.05) is 12.1 Å². The minimum absolute atomic E-state index is 0.0119. The van der Waals surface area contributed by atoms with Crippen molar-refractivity contribution in [1.29, 1.82) is 0 Å². The van der Waals surface area contributed by atoms with Crippen molar-refractivity contribution in [2.24, 2.45) is 0 Å². The van der Waals surface area contributed by atoms with Crippen LogP contribution < -0.4 is 10.2 Å². The summed E-state index contributed by atoms with van der Waals surface area (Å²) in [5.41, 5.74) is -0.0179. The van der Waals surface area contributed by atoms with Crippen molar-refractivity contribution >= 4 is 5.97 Å². The molecule has 1 aromatic carbocycles. The summed E-state index contributed by atoms with van der Waals surface area (Å²) in [5, 5.41) is 19.6. The third kappa shape index (κ3) is 5.17. The maximum absolute atomic E-state index is 12.2. The van der Waals surface area contributed by atoms with E-state index in [2.05, 4.69) is 0 Å². The molecule has 0 aliphatic heterocycles. The van der Waals surface area contributed by atoms with E-state index in [0.29, 0.717) is 5.56 Å². The standard InChI is InChI=1S/C22H26O7/c1-2-27-20(25)12-18(22-21(26)19(24)11-17(13-23)29-22)14-7-9-16(10-8-14)28-15-5-3-4-6-15/h7-11,15,18,23,26H,2-6,12-13H2,1H3/t18-/m0/s1. The Balaban J connectivity index is 1.92. The minimum atomic E-state index is -0.742. The summed E-state index contributed by atoms with van der Waals surface area (Å²) in [6.07, 6.45) is 4.52. The van der Waals surface area contributed by atoms with E-state index in [4.69, 9.17) is 13.9 Å². The van der Waals surface area contributed by atoms with Crippen molar-refractivity contribution < 1.29 is 28.9 Å². The lowest BCUT2D eigenvalue weighted by atomic mass is 9.92. The van der Waals surface area contributed by atoms with Gasteiger partial charge in [-0.3, -0.25) is 9.59 Å². The van der Waals surface area contributed by atoms with Crippen LogP contribution in [0.25, 0.3) is 0 Å². The Bertz CT molecular complexity index is 879. The highest BCUT2D eigenvalue weighted by Crippen LogP contribution is 2.34. The van der Waals surface area contributed by atoms with E-state index in [9.17, 15) is 19.8 Å². The number of carbonyl (C=O) groups excluding carboxylic acids is 1. The first-order chi connectivity index (χ1) is 14.0. The van der Waals surface area contributed by atoms with Gasteiger partial charge in [-0.15, -0.1) is 0 Å². The highest BCUT2D eigenvalue weighted by atomic mass is 16.5. The van der Waals surface area contributed by atoms with Crippen molar-refractivity contribution in [3.63, 3.8) is 0 Å². The molecule has 0 radical (unpaired) electrons. The Kier molecular flexibility index (Phi) is 6.93. The van der Waals surface area contributed by atoms with Crippen molar-refractivity contribution in [2.75, 3.05) is 6.61 Å². The molecule has 2 aromatic rings. The first kappa shape index (κ1) is 20.9. The molecule has 0 bridgehead atoms. The van der Waals surface area contributed by atoms with Crippen LogP contribution in [0.15, 0.2) is 39.5 Å². The Labute approximate surface area is 168 Å². The average Bonchev–Trinajstić information content (AvgIpc) is 3.22. The molecule has 1 aliphatic rings. The summed E-state index contributed by atoms with van der Waals surface area (Å²) < 4.78 is 16.5. The van der Waals surface area contributed by atoms with Crippen LogP contribution in [0.3, 0.4) is 0 Å². The molecular formula is C22H26O7. The number of benzene rings is 1. The molecule has 0 spiro atoms. The van der Waals surface area contributed by atoms with E-state index in [1.807, 2.05) is 0 Å². The van der Waals surface area contributed by atoms with Crippen LogP contribution in [0.1, 0.15) is 62.0 Å². The van der Waals surface area contributed by atoms with E-state index >= 15 is 0 Å². The van der Waals surface area contributed by atoms with E-state index in [1.54, 1.807) is 31.2 Å². The van der Waals surface area contributed by atoms with Crippen LogP contribution in [-0.4, -0.2) is 28.9 Å². The van der Waals surface area contributed by atoms with Crippen LogP contribution in [-0.2, 0) is 16.1 Å². The number of aliphatic hydroxyl groups is 1. The lowest BCUT2D eigenvalue weighted by molar-refractivity contribution is -0.143. The Morgan fingerprint density at radius 3 is 2.55 bits per heavy atom. The summed E-state index contributed by atoms with van der Waals surface area (Å²) in [5.74, 6) is -1.14. The third-order valence-electron chi connectivity index (χ3n) is 5.04. The van der Waals surface area contributed by atoms with Crippen molar-refractivity contribution in [2.45, 2.75) is 57.7 Å². The lowest BCUT2D eigenvalue weighted by Gasteiger charge is -2.19. The van der Waals surface area contributed by atoms with Crippen LogP contribution in [0, 0.1) is 0 Å². The van der Waals surface area contributed by atoms with E-state index in [0.717, 1.165) is 24.7 Å².